The van der Waals surface area contributed by atoms with Crippen molar-refractivity contribution in [3.63, 3.8) is 0 Å². The van der Waals surface area contributed by atoms with Gasteiger partial charge in [0.15, 0.2) is 0 Å². The first-order valence-corrected chi connectivity index (χ1v) is 6.85. The van der Waals surface area contributed by atoms with Crippen LogP contribution in [0.15, 0.2) is 24.3 Å². The Morgan fingerprint density at radius 3 is 2.50 bits per heavy atom. The SMILES string of the molecule is C[C@@H]1CCC[C@H](C)N1CC(N)c1ccccc1F. The molecule has 0 amide bonds. The summed E-state index contributed by atoms with van der Waals surface area (Å²) in [7, 11) is 0. The fraction of sp³-hybridized carbons (Fsp3) is 0.600. The van der Waals surface area contributed by atoms with Crippen molar-refractivity contribution in [2.24, 2.45) is 5.73 Å². The zero-order chi connectivity index (χ0) is 13.1. The standard InChI is InChI=1S/C15H23FN2/c1-11-6-5-7-12(2)18(11)10-15(17)13-8-3-4-9-14(13)16/h3-4,8-9,11-12,15H,5-7,10,17H2,1-2H3/t11-,12+,15?. The zero-order valence-electron chi connectivity index (χ0n) is 11.3. The summed E-state index contributed by atoms with van der Waals surface area (Å²) >= 11 is 0. The molecule has 100 valence electrons. The molecule has 0 radical (unpaired) electrons. The third-order valence-electron chi connectivity index (χ3n) is 4.09. The zero-order valence-corrected chi connectivity index (χ0v) is 11.3. The Morgan fingerprint density at radius 1 is 1.28 bits per heavy atom. The molecule has 18 heavy (non-hydrogen) atoms. The lowest BCUT2D eigenvalue weighted by atomic mass is 9.95. The number of hydrogen-bond acceptors (Lipinski definition) is 2. The minimum absolute atomic E-state index is 0.192. The van der Waals surface area contributed by atoms with Gasteiger partial charge in [0.05, 0.1) is 0 Å². The normalized spacial score (nSPS) is 27.1. The maximum absolute atomic E-state index is 13.7. The second kappa shape index (κ2) is 5.81. The predicted octanol–water partition coefficient (Wildman–Crippen LogP) is 3.09. The molecular weight excluding hydrogens is 227 g/mol. The van der Waals surface area contributed by atoms with Gasteiger partial charge in [-0.05, 0) is 32.8 Å². The molecule has 2 N–H and O–H groups in total. The fourth-order valence-corrected chi connectivity index (χ4v) is 2.94. The number of rotatable bonds is 3. The van der Waals surface area contributed by atoms with Crippen LogP contribution in [-0.2, 0) is 0 Å². The lowest BCUT2D eigenvalue weighted by Gasteiger charge is -2.40. The van der Waals surface area contributed by atoms with Crippen LogP contribution in [0.1, 0.15) is 44.7 Å². The molecule has 0 bridgehead atoms. The molecule has 1 fully saturated rings. The van der Waals surface area contributed by atoms with Crippen LogP contribution in [0.25, 0.3) is 0 Å². The molecule has 1 saturated heterocycles. The van der Waals surface area contributed by atoms with Gasteiger partial charge in [0, 0.05) is 30.2 Å². The largest absolute Gasteiger partial charge is 0.323 e. The topological polar surface area (TPSA) is 29.3 Å². The first-order chi connectivity index (χ1) is 8.59. The van der Waals surface area contributed by atoms with Crippen molar-refractivity contribution >= 4 is 0 Å². The molecule has 2 rings (SSSR count). The quantitative estimate of drug-likeness (QED) is 0.893. The van der Waals surface area contributed by atoms with Crippen LogP contribution in [0.4, 0.5) is 4.39 Å². The maximum atomic E-state index is 13.7. The van der Waals surface area contributed by atoms with E-state index in [1.54, 1.807) is 12.1 Å². The number of nitrogens with zero attached hydrogens (tertiary/aromatic N) is 1. The van der Waals surface area contributed by atoms with Crippen molar-refractivity contribution in [3.8, 4) is 0 Å². The highest BCUT2D eigenvalue weighted by atomic mass is 19.1. The number of halogens is 1. The van der Waals surface area contributed by atoms with E-state index in [1.807, 2.05) is 6.07 Å². The molecule has 0 saturated carbocycles. The summed E-state index contributed by atoms with van der Waals surface area (Å²) in [6.07, 6.45) is 3.72. The van der Waals surface area contributed by atoms with E-state index in [1.165, 1.54) is 25.3 Å². The van der Waals surface area contributed by atoms with Gasteiger partial charge in [-0.15, -0.1) is 0 Å². The Bertz CT molecular complexity index is 384. The fourth-order valence-electron chi connectivity index (χ4n) is 2.94. The smallest absolute Gasteiger partial charge is 0.128 e. The molecular formula is C15H23FN2. The molecule has 3 heteroatoms. The van der Waals surface area contributed by atoms with E-state index in [9.17, 15) is 4.39 Å². The lowest BCUT2D eigenvalue weighted by Crippen LogP contribution is -2.46. The first-order valence-electron chi connectivity index (χ1n) is 6.85. The second-order valence-corrected chi connectivity index (χ2v) is 5.45. The van der Waals surface area contributed by atoms with Crippen LogP contribution in [0.5, 0.6) is 0 Å². The van der Waals surface area contributed by atoms with Gasteiger partial charge in [-0.25, -0.2) is 4.39 Å². The molecule has 1 aromatic rings. The first kappa shape index (κ1) is 13.5. The van der Waals surface area contributed by atoms with Crippen molar-refractivity contribution in [1.82, 2.24) is 4.90 Å². The van der Waals surface area contributed by atoms with Crippen LogP contribution >= 0.6 is 0 Å². The van der Waals surface area contributed by atoms with Crippen LogP contribution in [0.2, 0.25) is 0 Å². The van der Waals surface area contributed by atoms with Crippen molar-refractivity contribution in [2.75, 3.05) is 6.54 Å². The van der Waals surface area contributed by atoms with Gasteiger partial charge in [0.25, 0.3) is 0 Å². The molecule has 0 aromatic heterocycles. The minimum atomic E-state index is -0.241. The Hall–Kier alpha value is -0.930. The van der Waals surface area contributed by atoms with Gasteiger partial charge >= 0.3 is 0 Å². The highest BCUT2D eigenvalue weighted by Crippen LogP contribution is 2.25. The Kier molecular flexibility index (Phi) is 4.36. The summed E-state index contributed by atoms with van der Waals surface area (Å²) in [4.78, 5) is 2.42. The highest BCUT2D eigenvalue weighted by Gasteiger charge is 2.26. The van der Waals surface area contributed by atoms with Crippen molar-refractivity contribution in [3.05, 3.63) is 35.6 Å². The minimum Gasteiger partial charge on any atom is -0.323 e. The lowest BCUT2D eigenvalue weighted by molar-refractivity contribution is 0.0957. The Balaban J connectivity index is 2.06. The van der Waals surface area contributed by atoms with E-state index in [0.717, 1.165) is 6.54 Å². The number of piperidine rings is 1. The summed E-state index contributed by atoms with van der Waals surface area (Å²) in [5.41, 5.74) is 6.80. The number of nitrogens with two attached hydrogens (primary N) is 1. The third-order valence-corrected chi connectivity index (χ3v) is 4.09. The number of likely N-dealkylation sites (tertiary alicyclic amines) is 1. The monoisotopic (exact) mass is 250 g/mol. The van der Waals surface area contributed by atoms with E-state index in [0.29, 0.717) is 17.6 Å². The molecule has 1 unspecified atom stereocenters. The predicted molar refractivity (Wildman–Crippen MR) is 72.8 cm³/mol. The van der Waals surface area contributed by atoms with E-state index in [2.05, 4.69) is 18.7 Å². The summed E-state index contributed by atoms with van der Waals surface area (Å²) in [5, 5.41) is 0. The van der Waals surface area contributed by atoms with Gasteiger partial charge in [-0.3, -0.25) is 4.90 Å². The van der Waals surface area contributed by atoms with Crippen LogP contribution < -0.4 is 5.73 Å². The molecule has 1 aromatic carbocycles. The highest BCUT2D eigenvalue weighted by molar-refractivity contribution is 5.21. The maximum Gasteiger partial charge on any atom is 0.128 e. The Morgan fingerprint density at radius 2 is 1.89 bits per heavy atom. The van der Waals surface area contributed by atoms with Crippen molar-refractivity contribution in [2.45, 2.75) is 51.2 Å². The second-order valence-electron chi connectivity index (χ2n) is 5.45. The van der Waals surface area contributed by atoms with Crippen LogP contribution in [0, 0.1) is 5.82 Å². The summed E-state index contributed by atoms with van der Waals surface area (Å²) < 4.78 is 13.7. The van der Waals surface area contributed by atoms with Gasteiger partial charge in [-0.1, -0.05) is 24.6 Å². The molecule has 2 nitrogen and oxygen atoms in total. The third kappa shape index (κ3) is 2.90. The summed E-state index contributed by atoms with van der Waals surface area (Å²) in [5.74, 6) is -0.192. The van der Waals surface area contributed by atoms with Crippen molar-refractivity contribution < 1.29 is 4.39 Å². The molecule has 1 heterocycles. The summed E-state index contributed by atoms with van der Waals surface area (Å²) in [6, 6.07) is 7.68. The van der Waals surface area contributed by atoms with Gasteiger partial charge in [0.1, 0.15) is 5.82 Å². The van der Waals surface area contributed by atoms with E-state index < -0.39 is 0 Å². The van der Waals surface area contributed by atoms with E-state index in [4.69, 9.17) is 5.73 Å². The number of hydrogen-bond donors (Lipinski definition) is 1. The Labute approximate surface area is 109 Å². The van der Waals surface area contributed by atoms with Crippen molar-refractivity contribution in [1.29, 1.82) is 0 Å². The van der Waals surface area contributed by atoms with Crippen LogP contribution in [0.3, 0.4) is 0 Å². The molecule has 1 aliphatic heterocycles. The van der Waals surface area contributed by atoms with Gasteiger partial charge < -0.3 is 5.73 Å². The molecule has 1 aliphatic rings. The van der Waals surface area contributed by atoms with Crippen LogP contribution in [-0.4, -0.2) is 23.5 Å². The molecule has 3 atom stereocenters. The average molecular weight is 250 g/mol. The van der Waals surface area contributed by atoms with E-state index >= 15 is 0 Å². The molecule has 0 aliphatic carbocycles. The summed E-state index contributed by atoms with van der Waals surface area (Å²) in [6.45, 7) is 5.22. The van der Waals surface area contributed by atoms with Gasteiger partial charge in [-0.2, -0.15) is 0 Å². The van der Waals surface area contributed by atoms with Gasteiger partial charge in [0.2, 0.25) is 0 Å². The number of benzene rings is 1. The average Bonchev–Trinajstić information content (AvgIpc) is 2.34. The molecule has 0 spiro atoms. The van der Waals surface area contributed by atoms with E-state index in [-0.39, 0.29) is 11.9 Å².